The zero-order chi connectivity index (χ0) is 7.28. The Morgan fingerprint density at radius 2 is 2.22 bits per heavy atom. The Labute approximate surface area is 54.1 Å². The third-order valence-corrected chi connectivity index (χ3v) is 0.797. The molecule has 0 radical (unpaired) electrons. The number of ketones is 1. The van der Waals surface area contributed by atoms with E-state index in [1.54, 1.807) is 6.92 Å². The number of carbonyl (C=O) groups is 1. The van der Waals surface area contributed by atoms with Gasteiger partial charge in [-0.1, -0.05) is 6.92 Å². The fraction of sp³-hybridized carbons (Fsp3) is 0.333. The largest absolute Gasteiger partial charge is 0.384 e. The summed E-state index contributed by atoms with van der Waals surface area (Å²) in [6.45, 7) is 1.76. The van der Waals surface area contributed by atoms with Gasteiger partial charge in [0.25, 0.3) is 0 Å². The highest BCUT2D eigenvalue weighted by Gasteiger charge is 1.87. The number of nitrogens with one attached hydrogen (secondary N) is 1. The summed E-state index contributed by atoms with van der Waals surface area (Å²) in [5, 5.41) is 6.70. The SMILES string of the molecule is CCC(=O)/C=C\C(=N)N. The van der Waals surface area contributed by atoms with Crippen molar-refractivity contribution in [3.05, 3.63) is 12.2 Å². The number of allylic oxidation sites excluding steroid dienone is 1. The summed E-state index contributed by atoms with van der Waals surface area (Å²) >= 11 is 0. The van der Waals surface area contributed by atoms with Crippen LogP contribution in [0.4, 0.5) is 0 Å². The number of hydrogen-bond donors (Lipinski definition) is 2. The highest BCUT2D eigenvalue weighted by molar-refractivity contribution is 5.97. The van der Waals surface area contributed by atoms with Gasteiger partial charge in [0.05, 0.1) is 0 Å². The van der Waals surface area contributed by atoms with E-state index in [0.717, 1.165) is 0 Å². The lowest BCUT2D eigenvalue weighted by Crippen LogP contribution is -2.05. The maximum Gasteiger partial charge on any atom is 0.155 e. The number of amidine groups is 1. The lowest BCUT2D eigenvalue weighted by Gasteiger charge is -1.83. The minimum absolute atomic E-state index is 0.00907. The lowest BCUT2D eigenvalue weighted by molar-refractivity contribution is -0.114. The molecule has 3 nitrogen and oxygen atoms in total. The highest BCUT2D eigenvalue weighted by Crippen LogP contribution is 1.81. The third-order valence-electron chi connectivity index (χ3n) is 0.797. The fourth-order valence-electron chi connectivity index (χ4n) is 0.301. The standard InChI is InChI=1S/C6H10N2O/c1-2-5(9)3-4-6(7)8/h3-4H,2H2,1H3,(H3,7,8)/b4-3-. The molecule has 0 atom stereocenters. The topological polar surface area (TPSA) is 66.9 Å². The second kappa shape index (κ2) is 3.83. The smallest absolute Gasteiger partial charge is 0.155 e. The lowest BCUT2D eigenvalue weighted by atomic mass is 10.3. The first-order valence-corrected chi connectivity index (χ1v) is 2.71. The molecule has 0 heterocycles. The zero-order valence-electron chi connectivity index (χ0n) is 5.35. The van der Waals surface area contributed by atoms with Crippen LogP contribution in [0.3, 0.4) is 0 Å². The van der Waals surface area contributed by atoms with Gasteiger partial charge in [-0.3, -0.25) is 10.2 Å². The molecule has 9 heavy (non-hydrogen) atoms. The molecule has 0 aromatic heterocycles. The molecule has 0 fully saturated rings. The van der Waals surface area contributed by atoms with Gasteiger partial charge in [0.2, 0.25) is 0 Å². The Morgan fingerprint density at radius 3 is 2.56 bits per heavy atom. The van der Waals surface area contributed by atoms with Gasteiger partial charge in [-0.05, 0) is 12.2 Å². The predicted octanol–water partition coefficient (Wildman–Crippen LogP) is 0.458. The van der Waals surface area contributed by atoms with Crippen molar-refractivity contribution in [2.75, 3.05) is 0 Å². The molecular formula is C6H10N2O. The quantitative estimate of drug-likeness (QED) is 0.327. The van der Waals surface area contributed by atoms with Gasteiger partial charge in [0.1, 0.15) is 5.84 Å². The molecule has 0 aromatic carbocycles. The van der Waals surface area contributed by atoms with Crippen LogP contribution in [0.15, 0.2) is 12.2 Å². The van der Waals surface area contributed by atoms with Crippen LogP contribution in [0.1, 0.15) is 13.3 Å². The molecule has 0 spiro atoms. The predicted molar refractivity (Wildman–Crippen MR) is 36.4 cm³/mol. The van der Waals surface area contributed by atoms with Crippen molar-refractivity contribution in [2.24, 2.45) is 5.73 Å². The van der Waals surface area contributed by atoms with E-state index in [2.05, 4.69) is 0 Å². The van der Waals surface area contributed by atoms with Crippen molar-refractivity contribution in [3.63, 3.8) is 0 Å². The van der Waals surface area contributed by atoms with Crippen molar-refractivity contribution in [2.45, 2.75) is 13.3 Å². The number of rotatable bonds is 3. The minimum atomic E-state index is -0.0863. The van der Waals surface area contributed by atoms with E-state index in [9.17, 15) is 4.79 Å². The van der Waals surface area contributed by atoms with E-state index in [1.165, 1.54) is 12.2 Å². The van der Waals surface area contributed by atoms with E-state index < -0.39 is 0 Å². The van der Waals surface area contributed by atoms with Crippen molar-refractivity contribution >= 4 is 11.6 Å². The first-order valence-electron chi connectivity index (χ1n) is 2.71. The Hall–Kier alpha value is -1.12. The summed E-state index contributed by atoms with van der Waals surface area (Å²) in [5.41, 5.74) is 4.94. The molecule has 3 N–H and O–H groups in total. The Morgan fingerprint density at radius 1 is 1.67 bits per heavy atom. The normalized spacial score (nSPS) is 9.89. The molecule has 0 aliphatic carbocycles. The zero-order valence-corrected chi connectivity index (χ0v) is 5.35. The minimum Gasteiger partial charge on any atom is -0.384 e. The molecule has 0 aliphatic rings. The summed E-state index contributed by atoms with van der Waals surface area (Å²) in [4.78, 5) is 10.5. The molecule has 0 aromatic rings. The number of carbonyl (C=O) groups excluding carboxylic acids is 1. The number of nitrogens with two attached hydrogens (primary N) is 1. The van der Waals surface area contributed by atoms with Crippen molar-refractivity contribution in [1.29, 1.82) is 5.41 Å². The maximum absolute atomic E-state index is 10.5. The highest BCUT2D eigenvalue weighted by atomic mass is 16.1. The molecule has 0 amide bonds. The average molecular weight is 126 g/mol. The molecule has 0 saturated carbocycles. The van der Waals surface area contributed by atoms with Crippen LogP contribution in [0.5, 0.6) is 0 Å². The van der Waals surface area contributed by atoms with Crippen LogP contribution in [-0.4, -0.2) is 11.6 Å². The Bertz CT molecular complexity index is 149. The van der Waals surface area contributed by atoms with Gasteiger partial charge in [-0.25, -0.2) is 0 Å². The van der Waals surface area contributed by atoms with Crippen LogP contribution in [0, 0.1) is 5.41 Å². The first-order chi connectivity index (χ1) is 4.16. The van der Waals surface area contributed by atoms with Gasteiger partial charge in [-0.15, -0.1) is 0 Å². The first kappa shape index (κ1) is 7.88. The molecule has 50 valence electrons. The molecular weight excluding hydrogens is 116 g/mol. The molecule has 3 heteroatoms. The summed E-state index contributed by atoms with van der Waals surface area (Å²) < 4.78 is 0. The molecule has 0 rings (SSSR count). The average Bonchev–Trinajstić information content (AvgIpc) is 1.83. The van der Waals surface area contributed by atoms with Crippen LogP contribution in [-0.2, 0) is 4.79 Å². The summed E-state index contributed by atoms with van der Waals surface area (Å²) in [6, 6.07) is 0. The van der Waals surface area contributed by atoms with Crippen LogP contribution >= 0.6 is 0 Å². The summed E-state index contributed by atoms with van der Waals surface area (Å²) in [5.74, 6) is -0.0954. The second-order valence-corrected chi connectivity index (χ2v) is 1.61. The van der Waals surface area contributed by atoms with E-state index >= 15 is 0 Å². The molecule has 0 bridgehead atoms. The van der Waals surface area contributed by atoms with E-state index in [4.69, 9.17) is 11.1 Å². The molecule has 0 aliphatic heterocycles. The van der Waals surface area contributed by atoms with E-state index in [-0.39, 0.29) is 11.6 Å². The van der Waals surface area contributed by atoms with Gasteiger partial charge in [-0.2, -0.15) is 0 Å². The fourth-order valence-corrected chi connectivity index (χ4v) is 0.301. The van der Waals surface area contributed by atoms with Crippen molar-refractivity contribution in [3.8, 4) is 0 Å². The molecule has 0 unspecified atom stereocenters. The second-order valence-electron chi connectivity index (χ2n) is 1.61. The third kappa shape index (κ3) is 4.74. The van der Waals surface area contributed by atoms with E-state index in [1.807, 2.05) is 0 Å². The monoisotopic (exact) mass is 126 g/mol. The Balaban J connectivity index is 3.71. The Kier molecular flexibility index (Phi) is 3.35. The van der Waals surface area contributed by atoms with Gasteiger partial charge in [0, 0.05) is 6.42 Å². The van der Waals surface area contributed by atoms with Crippen molar-refractivity contribution < 1.29 is 4.79 Å². The molecule has 0 saturated heterocycles. The summed E-state index contributed by atoms with van der Waals surface area (Å²) in [7, 11) is 0. The summed E-state index contributed by atoms with van der Waals surface area (Å²) in [6.07, 6.45) is 3.05. The van der Waals surface area contributed by atoms with Gasteiger partial charge < -0.3 is 5.73 Å². The van der Waals surface area contributed by atoms with Crippen molar-refractivity contribution in [1.82, 2.24) is 0 Å². The maximum atomic E-state index is 10.5. The number of hydrogen-bond acceptors (Lipinski definition) is 2. The van der Waals surface area contributed by atoms with Gasteiger partial charge in [0.15, 0.2) is 5.78 Å². The van der Waals surface area contributed by atoms with E-state index in [0.29, 0.717) is 6.42 Å². The van der Waals surface area contributed by atoms with Gasteiger partial charge >= 0.3 is 0 Å². The van der Waals surface area contributed by atoms with Crippen LogP contribution in [0.25, 0.3) is 0 Å². The van der Waals surface area contributed by atoms with Crippen LogP contribution < -0.4 is 5.73 Å². The van der Waals surface area contributed by atoms with Crippen LogP contribution in [0.2, 0.25) is 0 Å².